The monoisotopic (exact) mass is 551 g/mol. The van der Waals surface area contributed by atoms with E-state index in [0.717, 1.165) is 16.5 Å². The molecule has 3 aliphatic rings. The maximum absolute atomic E-state index is 12.7. The first kappa shape index (κ1) is 27.6. The van der Waals surface area contributed by atoms with Gasteiger partial charge in [0.2, 0.25) is 17.9 Å². The number of aliphatic hydroxyl groups is 5. The molecule has 2 fully saturated rings. The van der Waals surface area contributed by atoms with Crippen molar-refractivity contribution in [2.45, 2.75) is 75.5 Å². The number of aryl methyl sites for hydroxylation is 1. The molecule has 13 nitrogen and oxygen atoms in total. The summed E-state index contributed by atoms with van der Waals surface area (Å²) >= 11 is 0. The third kappa shape index (κ3) is 4.83. The van der Waals surface area contributed by atoms with E-state index < -0.39 is 42.9 Å². The van der Waals surface area contributed by atoms with Crippen LogP contribution in [0.2, 0.25) is 0 Å². The second kappa shape index (κ2) is 10.9. The van der Waals surface area contributed by atoms with Crippen LogP contribution in [-0.2, 0) is 31.9 Å². The highest BCUT2D eigenvalue weighted by atomic mass is 16.7. The lowest BCUT2D eigenvalue weighted by Crippen LogP contribution is -2.62. The molecule has 214 valence electrons. The Kier molecular flexibility index (Phi) is 7.73. The minimum Gasteiger partial charge on any atom is -0.490 e. The zero-order valence-corrected chi connectivity index (χ0v) is 21.5. The summed E-state index contributed by atoms with van der Waals surface area (Å²) in [6, 6.07) is 0. The molecule has 0 bridgehead atoms. The first-order valence-electron chi connectivity index (χ1n) is 12.9. The normalized spacial score (nSPS) is 30.8. The highest BCUT2D eigenvalue weighted by Gasteiger charge is 2.48. The van der Waals surface area contributed by atoms with E-state index in [2.05, 4.69) is 5.32 Å². The smallest absolute Gasteiger partial charge is 0.309 e. The predicted molar refractivity (Wildman–Crippen MR) is 131 cm³/mol. The van der Waals surface area contributed by atoms with Crippen LogP contribution in [-0.4, -0.2) is 94.7 Å². The van der Waals surface area contributed by atoms with Crippen molar-refractivity contribution >= 4 is 22.8 Å². The summed E-state index contributed by atoms with van der Waals surface area (Å²) in [6.45, 7) is 2.38. The molecule has 0 saturated carbocycles. The largest absolute Gasteiger partial charge is 0.490 e. The Morgan fingerprint density at radius 3 is 2.54 bits per heavy atom. The fraction of sp³-hybridized carbons (Fsp3) is 0.615. The fourth-order valence-corrected chi connectivity index (χ4v) is 5.77. The van der Waals surface area contributed by atoms with Crippen molar-refractivity contribution in [2.24, 2.45) is 5.92 Å². The molecule has 2 saturated heterocycles. The zero-order valence-electron chi connectivity index (χ0n) is 21.5. The van der Waals surface area contributed by atoms with Crippen LogP contribution < -0.4 is 14.8 Å². The average Bonchev–Trinajstić information content (AvgIpc) is 3.55. The van der Waals surface area contributed by atoms with E-state index >= 15 is 0 Å². The quantitative estimate of drug-likeness (QED) is 0.186. The Morgan fingerprint density at radius 1 is 1.13 bits per heavy atom. The van der Waals surface area contributed by atoms with E-state index in [-0.39, 0.29) is 42.3 Å². The number of fused-ring (bicyclic) bond motifs is 3. The number of methoxy groups -OCH3 is 1. The molecule has 7 unspecified atom stereocenters. The molecule has 2 aliphatic heterocycles. The molecule has 39 heavy (non-hydrogen) atoms. The van der Waals surface area contributed by atoms with Gasteiger partial charge in [0, 0.05) is 35.4 Å². The summed E-state index contributed by atoms with van der Waals surface area (Å²) in [7, 11) is 1.39. The van der Waals surface area contributed by atoms with E-state index in [1.807, 2.05) is 0 Å². The van der Waals surface area contributed by atoms with E-state index in [1.165, 1.54) is 7.11 Å². The first-order chi connectivity index (χ1) is 18.7. The summed E-state index contributed by atoms with van der Waals surface area (Å²) in [4.78, 5) is 24.7. The van der Waals surface area contributed by atoms with Crippen molar-refractivity contribution in [3.05, 3.63) is 23.0 Å². The van der Waals surface area contributed by atoms with Gasteiger partial charge in [0.25, 0.3) is 0 Å². The van der Waals surface area contributed by atoms with Crippen LogP contribution in [0, 0.1) is 5.92 Å². The van der Waals surface area contributed by atoms with Crippen molar-refractivity contribution in [3.8, 4) is 11.5 Å². The fourth-order valence-electron chi connectivity index (χ4n) is 5.77. The van der Waals surface area contributed by atoms with Crippen molar-refractivity contribution in [1.29, 1.82) is 0 Å². The van der Waals surface area contributed by atoms with Crippen molar-refractivity contribution in [2.75, 3.05) is 20.3 Å². The van der Waals surface area contributed by atoms with Crippen molar-refractivity contribution < 1.29 is 58.5 Å². The number of hydrogen-bond acceptors (Lipinski definition) is 12. The van der Waals surface area contributed by atoms with E-state index in [0.29, 0.717) is 37.0 Å². The number of carbonyl (C=O) groups is 2. The Bertz CT molecular complexity index is 1240. The summed E-state index contributed by atoms with van der Waals surface area (Å²) in [5.41, 5.74) is 2.53. The second-order valence-electron chi connectivity index (χ2n) is 10.1. The Morgan fingerprint density at radius 2 is 1.90 bits per heavy atom. The van der Waals surface area contributed by atoms with E-state index in [1.54, 1.807) is 13.2 Å². The highest BCUT2D eigenvalue weighted by Crippen LogP contribution is 2.50. The number of carbonyl (C=O) groups excluding carboxylic acids is 2. The molecule has 2 aromatic rings. The van der Waals surface area contributed by atoms with Crippen molar-refractivity contribution in [1.82, 2.24) is 5.32 Å². The highest BCUT2D eigenvalue weighted by molar-refractivity contribution is 5.95. The number of hydrogen-bond donors (Lipinski definition) is 6. The minimum absolute atomic E-state index is 0.0673. The number of furan rings is 1. The van der Waals surface area contributed by atoms with E-state index in [4.69, 9.17) is 23.4 Å². The summed E-state index contributed by atoms with van der Waals surface area (Å²) in [5.74, 6) is -0.856. The summed E-state index contributed by atoms with van der Waals surface area (Å²) < 4.78 is 28.4. The topological polar surface area (TPSA) is 197 Å². The number of nitrogens with one attached hydrogen (secondary N) is 1. The molecule has 6 N–H and O–H groups in total. The van der Waals surface area contributed by atoms with Crippen LogP contribution in [0.4, 0.5) is 0 Å². The number of aliphatic hydroxyl groups excluding tert-OH is 4. The molecule has 7 atom stereocenters. The number of rotatable bonds is 7. The molecule has 1 amide bonds. The third-order valence-corrected chi connectivity index (χ3v) is 7.74. The third-order valence-electron chi connectivity index (χ3n) is 7.74. The van der Waals surface area contributed by atoms with Gasteiger partial charge in [-0.3, -0.25) is 9.59 Å². The van der Waals surface area contributed by atoms with Gasteiger partial charge < -0.3 is 54.2 Å². The van der Waals surface area contributed by atoms with Crippen molar-refractivity contribution in [3.63, 3.8) is 0 Å². The first-order valence-corrected chi connectivity index (χ1v) is 12.9. The van der Waals surface area contributed by atoms with Crippen LogP contribution >= 0.6 is 0 Å². The predicted octanol–water partition coefficient (Wildman–Crippen LogP) is -0.790. The molecule has 1 aromatic heterocycles. The molecule has 1 aliphatic carbocycles. The van der Waals surface area contributed by atoms with Gasteiger partial charge in [-0.1, -0.05) is 0 Å². The van der Waals surface area contributed by atoms with Gasteiger partial charge in [-0.15, -0.1) is 0 Å². The maximum atomic E-state index is 12.7. The number of ether oxygens (including phenoxy) is 4. The molecule has 0 radical (unpaired) electrons. The van der Waals surface area contributed by atoms with Crippen LogP contribution in [0.5, 0.6) is 11.5 Å². The van der Waals surface area contributed by atoms with Gasteiger partial charge >= 0.3 is 5.97 Å². The molecule has 5 rings (SSSR count). The lowest BCUT2D eigenvalue weighted by molar-refractivity contribution is -0.310. The molecule has 3 heterocycles. The van der Waals surface area contributed by atoms with Gasteiger partial charge in [0.15, 0.2) is 17.6 Å². The van der Waals surface area contributed by atoms with Gasteiger partial charge in [-0.2, -0.15) is 0 Å². The van der Waals surface area contributed by atoms with Crippen LogP contribution in [0.25, 0.3) is 11.0 Å². The minimum atomic E-state index is -2.17. The molecular formula is C26H33NO12. The van der Waals surface area contributed by atoms with Gasteiger partial charge in [0.05, 0.1) is 25.9 Å². The molecule has 1 aromatic carbocycles. The van der Waals surface area contributed by atoms with Gasteiger partial charge in [-0.25, -0.2) is 0 Å². The Labute approximate surface area is 223 Å². The lowest BCUT2D eigenvalue weighted by Gasteiger charge is -2.41. The number of esters is 1. The van der Waals surface area contributed by atoms with Crippen LogP contribution in [0.1, 0.15) is 42.4 Å². The van der Waals surface area contributed by atoms with Crippen LogP contribution in [0.15, 0.2) is 10.7 Å². The van der Waals surface area contributed by atoms with Crippen LogP contribution in [0.3, 0.4) is 0 Å². The number of amides is 1. The second-order valence-corrected chi connectivity index (χ2v) is 10.1. The summed E-state index contributed by atoms with van der Waals surface area (Å²) in [6.07, 6.45) is -7.84. The Hall–Kier alpha value is -2.94. The van der Waals surface area contributed by atoms with Gasteiger partial charge in [-0.05, 0) is 31.7 Å². The summed E-state index contributed by atoms with van der Waals surface area (Å²) in [5, 5.41) is 54.0. The maximum Gasteiger partial charge on any atom is 0.309 e. The van der Waals surface area contributed by atoms with E-state index in [9.17, 15) is 35.1 Å². The lowest BCUT2D eigenvalue weighted by atomic mass is 9.80. The number of benzene rings is 1. The van der Waals surface area contributed by atoms with Gasteiger partial charge in [0.1, 0.15) is 24.4 Å². The SMILES string of the molecule is CCOC(=O)C1CCc2c(c(OC3OC(C(O)O)C(O)C(O)C3O)c(OC)c3occ(C4CNC(=O)C4)c23)C1. The molecular weight excluding hydrogens is 518 g/mol. The molecule has 0 spiro atoms. The zero-order chi connectivity index (χ0) is 28.0. The molecule has 13 heteroatoms. The standard InChI is InChI=1S/C26H33NO12/c1-3-36-25(34)10-4-5-12-13(6-10)20(38-26-19(31)17(29)18(30)22(39-26)24(32)33)23(35-2)21-16(12)14(9-37-21)11-7-15(28)27-8-11/h9-11,17-19,22,24,26,29-33H,3-8H2,1-2H3,(H,27,28). The average molecular weight is 552 g/mol. The Balaban J connectivity index is 1.63.